The number of methoxy groups -OCH3 is 2. The number of para-hydroxylation sites is 1. The molecule has 0 bridgehead atoms. The summed E-state index contributed by atoms with van der Waals surface area (Å²) >= 11 is 0. The highest BCUT2D eigenvalue weighted by Crippen LogP contribution is 2.43. The number of hydrogen-bond acceptors (Lipinski definition) is 10. The van der Waals surface area contributed by atoms with Crippen LogP contribution in [0.2, 0.25) is 0 Å². The zero-order valence-electron chi connectivity index (χ0n) is 31.4. The third-order valence-corrected chi connectivity index (χ3v) is 10.6. The number of aliphatic imine (C=N–C) groups is 2. The lowest BCUT2D eigenvalue weighted by molar-refractivity contribution is -0.117. The maximum Gasteiger partial charge on any atom is 0.261 e. The van der Waals surface area contributed by atoms with Gasteiger partial charge < -0.3 is 28.6 Å². The van der Waals surface area contributed by atoms with Crippen LogP contribution in [-0.4, -0.2) is 83.1 Å². The molecule has 8 rings (SSSR count). The van der Waals surface area contributed by atoms with Crippen molar-refractivity contribution in [2.24, 2.45) is 9.98 Å². The molecule has 2 atom stereocenters. The first-order valence-electron chi connectivity index (χ1n) is 18.6. The van der Waals surface area contributed by atoms with E-state index in [-0.39, 0.29) is 29.7 Å². The first kappa shape index (κ1) is 35.8. The van der Waals surface area contributed by atoms with Gasteiger partial charge in [0.1, 0.15) is 5.78 Å². The standard InChI is InChI=1S/C43H43N5O7/c1-26(49)9-7-14-46(2)29-13-12-28-18-31-25-45-35-23-41(39(53-4)21-33(35)43(51)48(31)37(28)19-29)55-16-8-15-54-40-22-34-32(20-38(40)52-3)42(50)47-30(24-44-34)17-27-10-5-6-11-36(27)47/h5-6,10-13,19-25,30-31H,7-9,14-18H2,1-4H3/t30-,31-/m0/s1. The molecule has 4 aliphatic rings. The smallest absolute Gasteiger partial charge is 0.261 e. The third-order valence-electron chi connectivity index (χ3n) is 10.6. The van der Waals surface area contributed by atoms with Gasteiger partial charge in [-0.1, -0.05) is 24.3 Å². The van der Waals surface area contributed by atoms with E-state index in [1.807, 2.05) is 54.7 Å². The second-order valence-corrected chi connectivity index (χ2v) is 14.2. The van der Waals surface area contributed by atoms with E-state index in [4.69, 9.17) is 28.9 Å². The number of ether oxygens (including phenoxy) is 4. The molecule has 0 radical (unpaired) electrons. The van der Waals surface area contributed by atoms with E-state index in [9.17, 15) is 14.4 Å². The Hall–Kier alpha value is -6.17. The Bertz CT molecular complexity index is 2250. The largest absolute Gasteiger partial charge is 0.493 e. The van der Waals surface area contributed by atoms with E-state index >= 15 is 0 Å². The number of fused-ring (bicyclic) bond motifs is 8. The van der Waals surface area contributed by atoms with Crippen molar-refractivity contribution in [1.29, 1.82) is 0 Å². The molecule has 282 valence electrons. The van der Waals surface area contributed by atoms with E-state index in [1.54, 1.807) is 50.3 Å². The van der Waals surface area contributed by atoms with Gasteiger partial charge in [-0.05, 0) is 54.8 Å². The number of rotatable bonds is 13. The van der Waals surface area contributed by atoms with Crippen LogP contribution in [0.5, 0.6) is 23.0 Å². The predicted molar refractivity (Wildman–Crippen MR) is 213 cm³/mol. The fourth-order valence-corrected chi connectivity index (χ4v) is 7.76. The quantitative estimate of drug-likeness (QED) is 0.135. The van der Waals surface area contributed by atoms with Gasteiger partial charge in [0.2, 0.25) is 0 Å². The van der Waals surface area contributed by atoms with Crippen LogP contribution in [0, 0.1) is 0 Å². The number of carbonyl (C=O) groups excluding carboxylic acids is 3. The SMILES string of the molecule is COc1cc2c(cc1OCCCOc1cc3c(cc1OC)C(=O)N1c4cc(N(C)CCCC(C)=O)ccc4C[C@H]1C=N3)N=C[C@@H]1Cc3ccccc3N1C2=O. The maximum absolute atomic E-state index is 14.1. The van der Waals surface area contributed by atoms with Crippen LogP contribution < -0.4 is 33.6 Å². The molecule has 0 saturated carbocycles. The number of benzene rings is 4. The lowest BCUT2D eigenvalue weighted by Crippen LogP contribution is -2.37. The molecule has 4 aromatic carbocycles. The second-order valence-electron chi connectivity index (χ2n) is 14.2. The number of Topliss-reactive ketones (excluding diaryl/α,β-unsaturated/α-hetero) is 1. The van der Waals surface area contributed by atoms with Gasteiger partial charge in [-0.2, -0.15) is 0 Å². The molecule has 4 aliphatic heterocycles. The van der Waals surface area contributed by atoms with Crippen LogP contribution in [0.3, 0.4) is 0 Å². The third kappa shape index (κ3) is 6.77. The van der Waals surface area contributed by atoms with Crippen molar-refractivity contribution < 1.29 is 33.3 Å². The molecule has 12 nitrogen and oxygen atoms in total. The van der Waals surface area contributed by atoms with Gasteiger partial charge in [0, 0.05) is 75.2 Å². The monoisotopic (exact) mass is 741 g/mol. The molecular weight excluding hydrogens is 699 g/mol. The minimum absolute atomic E-state index is 0.123. The molecule has 0 spiro atoms. The Morgan fingerprint density at radius 2 is 1.29 bits per heavy atom. The van der Waals surface area contributed by atoms with E-state index in [0.29, 0.717) is 78.0 Å². The number of hydrogen-bond donors (Lipinski definition) is 0. The van der Waals surface area contributed by atoms with Gasteiger partial charge in [0.15, 0.2) is 23.0 Å². The lowest BCUT2D eigenvalue weighted by atomic mass is 10.1. The molecular formula is C43H43N5O7. The highest BCUT2D eigenvalue weighted by atomic mass is 16.5. The van der Waals surface area contributed by atoms with Gasteiger partial charge in [-0.25, -0.2) is 0 Å². The van der Waals surface area contributed by atoms with E-state index < -0.39 is 0 Å². The van der Waals surface area contributed by atoms with Crippen LogP contribution in [0.1, 0.15) is 58.0 Å². The topological polar surface area (TPSA) is 123 Å². The summed E-state index contributed by atoms with van der Waals surface area (Å²) < 4.78 is 23.6. The average Bonchev–Trinajstić information content (AvgIpc) is 3.67. The molecule has 0 fully saturated rings. The van der Waals surface area contributed by atoms with Crippen LogP contribution in [0.4, 0.5) is 28.4 Å². The fourth-order valence-electron chi connectivity index (χ4n) is 7.76. The van der Waals surface area contributed by atoms with Crippen molar-refractivity contribution in [2.75, 3.05) is 55.7 Å². The maximum atomic E-state index is 14.1. The normalized spacial score (nSPS) is 17.3. The minimum Gasteiger partial charge on any atom is -0.493 e. The van der Waals surface area contributed by atoms with Crippen molar-refractivity contribution in [3.05, 3.63) is 89.0 Å². The molecule has 0 N–H and O–H groups in total. The van der Waals surface area contributed by atoms with Gasteiger partial charge in [0.05, 0.1) is 67.7 Å². The van der Waals surface area contributed by atoms with Crippen molar-refractivity contribution >= 4 is 58.5 Å². The number of amides is 2. The van der Waals surface area contributed by atoms with Crippen LogP contribution in [0.25, 0.3) is 0 Å². The molecule has 2 amide bonds. The van der Waals surface area contributed by atoms with Crippen LogP contribution in [0.15, 0.2) is 76.7 Å². The summed E-state index contributed by atoms with van der Waals surface area (Å²) in [7, 11) is 5.10. The highest BCUT2D eigenvalue weighted by Gasteiger charge is 2.38. The van der Waals surface area contributed by atoms with Crippen molar-refractivity contribution in [3.63, 3.8) is 0 Å². The second kappa shape index (κ2) is 14.9. The number of anilines is 3. The summed E-state index contributed by atoms with van der Waals surface area (Å²) in [5.74, 6) is 1.73. The van der Waals surface area contributed by atoms with Gasteiger partial charge in [-0.15, -0.1) is 0 Å². The Kier molecular flexibility index (Phi) is 9.73. The van der Waals surface area contributed by atoms with E-state index in [0.717, 1.165) is 47.6 Å². The summed E-state index contributed by atoms with van der Waals surface area (Å²) in [5, 5.41) is 0. The highest BCUT2D eigenvalue weighted by molar-refractivity contribution is 6.16. The molecule has 4 aromatic rings. The molecule has 0 aromatic heterocycles. The Labute approximate surface area is 320 Å². The van der Waals surface area contributed by atoms with Crippen molar-refractivity contribution in [3.8, 4) is 23.0 Å². The molecule has 0 aliphatic carbocycles. The first-order chi connectivity index (χ1) is 26.7. The summed E-state index contributed by atoms with van der Waals surface area (Å²) in [6, 6.07) is 20.7. The predicted octanol–water partition coefficient (Wildman–Crippen LogP) is 6.93. The fraction of sp³-hybridized carbons (Fsp3) is 0.326. The van der Waals surface area contributed by atoms with Gasteiger partial charge in [-0.3, -0.25) is 29.4 Å². The van der Waals surface area contributed by atoms with Crippen LogP contribution >= 0.6 is 0 Å². The molecule has 0 saturated heterocycles. The van der Waals surface area contributed by atoms with Crippen LogP contribution in [-0.2, 0) is 17.6 Å². The minimum atomic E-state index is -0.219. The lowest BCUT2D eigenvalue weighted by Gasteiger charge is -2.24. The zero-order valence-corrected chi connectivity index (χ0v) is 31.4. The zero-order chi connectivity index (χ0) is 38.2. The number of carbonyl (C=O) groups is 3. The van der Waals surface area contributed by atoms with E-state index in [2.05, 4.69) is 17.0 Å². The van der Waals surface area contributed by atoms with Crippen molar-refractivity contribution in [1.82, 2.24) is 0 Å². The van der Waals surface area contributed by atoms with Crippen molar-refractivity contribution in [2.45, 2.75) is 51.1 Å². The molecule has 0 unspecified atom stereocenters. The summed E-state index contributed by atoms with van der Waals surface area (Å²) in [4.78, 5) is 54.5. The Morgan fingerprint density at radius 3 is 1.87 bits per heavy atom. The molecule has 12 heteroatoms. The Morgan fingerprint density at radius 1 is 0.727 bits per heavy atom. The Balaban J connectivity index is 0.925. The van der Waals surface area contributed by atoms with Gasteiger partial charge in [0.25, 0.3) is 11.8 Å². The summed E-state index contributed by atoms with van der Waals surface area (Å²) in [5.41, 5.74) is 6.89. The van der Waals surface area contributed by atoms with E-state index in [1.165, 1.54) is 0 Å². The van der Waals surface area contributed by atoms with Gasteiger partial charge >= 0.3 is 0 Å². The summed E-state index contributed by atoms with van der Waals surface area (Å²) in [6.07, 6.45) is 6.88. The molecule has 4 heterocycles. The first-order valence-corrected chi connectivity index (χ1v) is 18.6. The molecule has 55 heavy (non-hydrogen) atoms. The number of nitrogens with zero attached hydrogens (tertiary/aromatic N) is 5. The summed E-state index contributed by atoms with van der Waals surface area (Å²) in [6.45, 7) is 2.96. The number of ketones is 1. The average molecular weight is 742 g/mol.